The van der Waals surface area contributed by atoms with Crippen molar-refractivity contribution in [3.63, 3.8) is 0 Å². The van der Waals surface area contributed by atoms with Crippen molar-refractivity contribution in [2.24, 2.45) is 0 Å². The van der Waals surface area contributed by atoms with Gasteiger partial charge in [0.25, 0.3) is 0 Å². The molecule has 0 aromatic heterocycles. The maximum Gasteiger partial charge on any atom is -0.109 e. The normalized spacial score (nSPS) is 13.0. The van der Waals surface area contributed by atoms with Gasteiger partial charge in [0.15, 0.2) is 0 Å². The van der Waals surface area contributed by atoms with Crippen molar-refractivity contribution >= 4 is 24.8 Å². The van der Waals surface area contributed by atoms with Gasteiger partial charge < -0.3 is 0 Å². The van der Waals surface area contributed by atoms with Crippen LogP contribution in [-0.2, 0) is 41.2 Å². The molecule has 4 heteroatoms. The quantitative estimate of drug-likeness (QED) is 0.164. The third-order valence-electron chi connectivity index (χ3n) is 7.56. The Morgan fingerprint density at radius 3 is 1.64 bits per heavy atom. The summed E-state index contributed by atoms with van der Waals surface area (Å²) in [5, 5.41) is 5.48. The molecule has 0 unspecified atom stereocenters. The first-order chi connectivity index (χ1) is 20.6. The fraction of sp³-hybridized carbons (Fsp3) is 0.250. The van der Waals surface area contributed by atoms with Crippen LogP contribution < -0.4 is 0 Å². The Balaban J connectivity index is 0.000000175. The van der Waals surface area contributed by atoms with Gasteiger partial charge in [0, 0.05) is 0 Å². The Kier molecular flexibility index (Phi) is 10.6. The van der Waals surface area contributed by atoms with Crippen LogP contribution in [0.2, 0.25) is 0 Å². The van der Waals surface area contributed by atoms with E-state index >= 15 is 0 Å². The molecule has 1 aliphatic rings. The molecule has 0 N–H and O–H groups in total. The summed E-state index contributed by atoms with van der Waals surface area (Å²) in [4.78, 5) is 0. The van der Waals surface area contributed by atoms with E-state index in [0.29, 0.717) is 5.56 Å². The van der Waals surface area contributed by atoms with Crippen molar-refractivity contribution in [2.75, 3.05) is 0 Å². The van der Waals surface area contributed by atoms with Crippen LogP contribution in [0, 0.1) is 6.08 Å². The van der Waals surface area contributed by atoms with Gasteiger partial charge in [-0.1, -0.05) is 76.9 Å². The van der Waals surface area contributed by atoms with Crippen LogP contribution in [0.25, 0.3) is 21.5 Å². The van der Waals surface area contributed by atoms with Gasteiger partial charge in [-0.2, -0.15) is 6.08 Å². The molecule has 0 heterocycles. The van der Waals surface area contributed by atoms with Gasteiger partial charge >= 0.3 is 118 Å². The van der Waals surface area contributed by atoms with E-state index in [9.17, 15) is 13.2 Å². The summed E-state index contributed by atoms with van der Waals surface area (Å²) in [5.74, 6) is 0. The second kappa shape index (κ2) is 13.8. The Hall–Kier alpha value is -3.23. The third kappa shape index (κ3) is 8.69. The largest absolute Gasteiger partial charge is 0.273 e. The SMILES string of the molecule is CC(C)(C)c1ccc2c(c1)[cH-]c1cc(C(C)(C)C)ccc12.FC(F)(F)c1cccc([C](=[Zr+2])c2ccccc2)c1.[C-]1=CC=CC1. The van der Waals surface area contributed by atoms with Gasteiger partial charge in [-0.05, 0) is 10.8 Å². The Labute approximate surface area is 275 Å². The van der Waals surface area contributed by atoms with Crippen molar-refractivity contribution in [3.05, 3.63) is 149 Å². The minimum Gasteiger partial charge on any atom is -0.273 e. The summed E-state index contributed by atoms with van der Waals surface area (Å²) in [6.45, 7) is 13.6. The van der Waals surface area contributed by atoms with E-state index in [-0.39, 0.29) is 10.8 Å². The fourth-order valence-corrected chi connectivity index (χ4v) is 5.71. The fourth-order valence-electron chi connectivity index (χ4n) is 4.92. The number of fused-ring (bicyclic) bond motifs is 3. The summed E-state index contributed by atoms with van der Waals surface area (Å²) in [6.07, 6.45) is 5.71. The average Bonchev–Trinajstić information content (AvgIpc) is 3.68. The van der Waals surface area contributed by atoms with E-state index in [1.165, 1.54) is 44.8 Å². The van der Waals surface area contributed by atoms with Gasteiger partial charge in [-0.3, -0.25) is 6.08 Å². The summed E-state index contributed by atoms with van der Waals surface area (Å²) in [6, 6.07) is 31.1. The maximum atomic E-state index is 12.6. The molecule has 0 spiro atoms. The number of allylic oxidation sites excluding steroid dienone is 4. The number of hydrogen-bond donors (Lipinski definition) is 0. The van der Waals surface area contributed by atoms with Crippen LogP contribution in [0.5, 0.6) is 0 Å². The van der Waals surface area contributed by atoms with Crippen molar-refractivity contribution in [3.8, 4) is 0 Å². The zero-order valence-electron chi connectivity index (χ0n) is 26.3. The minimum absolute atomic E-state index is 0.203. The molecule has 1 aliphatic carbocycles. The third-order valence-corrected chi connectivity index (χ3v) is 8.98. The van der Waals surface area contributed by atoms with E-state index in [1.807, 2.05) is 42.5 Å². The number of alkyl halides is 3. The second-order valence-electron chi connectivity index (χ2n) is 13.1. The van der Waals surface area contributed by atoms with E-state index in [0.717, 1.165) is 45.5 Å². The molecular formula is C40H39F3Zr. The summed E-state index contributed by atoms with van der Waals surface area (Å²) < 4.78 is 38.8. The van der Waals surface area contributed by atoms with Crippen molar-refractivity contribution in [1.29, 1.82) is 0 Å². The summed E-state index contributed by atoms with van der Waals surface area (Å²) in [5.41, 5.74) is 4.21. The van der Waals surface area contributed by atoms with Crippen LogP contribution in [0.4, 0.5) is 13.2 Å². The van der Waals surface area contributed by atoms with E-state index in [4.69, 9.17) is 0 Å². The molecule has 5 aromatic carbocycles. The Bertz CT molecular complexity index is 1710. The van der Waals surface area contributed by atoms with E-state index < -0.39 is 11.7 Å². The van der Waals surface area contributed by atoms with Gasteiger partial charge in [0.05, 0.1) is 0 Å². The van der Waals surface area contributed by atoms with Crippen molar-refractivity contribution in [2.45, 2.75) is 65.0 Å². The molecule has 0 saturated heterocycles. The average molecular weight is 668 g/mol. The predicted molar refractivity (Wildman–Crippen MR) is 177 cm³/mol. The molecule has 0 saturated carbocycles. The molecule has 0 nitrogen and oxygen atoms in total. The molecule has 0 fully saturated rings. The monoisotopic (exact) mass is 666 g/mol. The minimum atomic E-state index is -4.29. The van der Waals surface area contributed by atoms with Crippen LogP contribution in [0.1, 0.15) is 75.8 Å². The molecule has 224 valence electrons. The molecule has 44 heavy (non-hydrogen) atoms. The molecule has 0 bridgehead atoms. The van der Waals surface area contributed by atoms with Crippen LogP contribution in [-0.4, -0.2) is 3.21 Å². The predicted octanol–water partition coefficient (Wildman–Crippen LogP) is 11.4. The molecular weight excluding hydrogens is 629 g/mol. The number of halogens is 3. The summed E-state index contributed by atoms with van der Waals surface area (Å²) in [7, 11) is 0. The number of hydrogen-bond acceptors (Lipinski definition) is 0. The zero-order chi connectivity index (χ0) is 32.1. The van der Waals surface area contributed by atoms with E-state index in [1.54, 1.807) is 6.07 Å². The smallest absolute Gasteiger partial charge is 0.109 e. The number of rotatable bonds is 2. The first-order valence-electron chi connectivity index (χ1n) is 14.8. The zero-order valence-corrected chi connectivity index (χ0v) is 28.8. The van der Waals surface area contributed by atoms with Crippen LogP contribution in [0.15, 0.2) is 115 Å². The first-order valence-corrected chi connectivity index (χ1v) is 16.0. The molecule has 0 atom stereocenters. The van der Waals surface area contributed by atoms with E-state index in [2.05, 4.69) is 96.2 Å². The summed E-state index contributed by atoms with van der Waals surface area (Å²) >= 11 is 1.09. The topological polar surface area (TPSA) is 0 Å². The first kappa shape index (κ1) is 33.7. The van der Waals surface area contributed by atoms with Gasteiger partial charge in [0.2, 0.25) is 0 Å². The second-order valence-corrected chi connectivity index (χ2v) is 14.3. The van der Waals surface area contributed by atoms with Gasteiger partial charge in [-0.15, -0.1) is 46.2 Å². The Morgan fingerprint density at radius 1 is 0.659 bits per heavy atom. The van der Waals surface area contributed by atoms with Crippen LogP contribution >= 0.6 is 0 Å². The Morgan fingerprint density at radius 2 is 1.20 bits per heavy atom. The maximum absolute atomic E-state index is 12.6. The van der Waals surface area contributed by atoms with Crippen molar-refractivity contribution in [1.82, 2.24) is 0 Å². The molecule has 5 aromatic rings. The molecule has 0 aliphatic heterocycles. The van der Waals surface area contributed by atoms with Crippen LogP contribution in [0.3, 0.4) is 0 Å². The standard InChI is InChI=1S/C21H25.C14H9F3.C5H5.Zr/c1-20(2,3)16-7-9-18-14(12-16)11-15-13-17(21(4,5)6)8-10-19(15)18;15-14(16,17)13-8-4-7-12(10-13)9-11-5-2-1-3-6-11;1-2-4-5-3-1;/h7-13H,1-6H3;1-8,10H;1-3H,4H2;/q-1;;-1;+2. The molecule has 0 radical (unpaired) electrons. The van der Waals surface area contributed by atoms with Crippen molar-refractivity contribution < 1.29 is 37.4 Å². The van der Waals surface area contributed by atoms with Gasteiger partial charge in [0.1, 0.15) is 0 Å². The molecule has 6 rings (SSSR count). The molecule has 0 amide bonds. The van der Waals surface area contributed by atoms with Gasteiger partial charge in [-0.25, -0.2) is 12.2 Å². The number of benzene rings is 4.